The van der Waals surface area contributed by atoms with Crippen LogP contribution in [0.15, 0.2) is 97.1 Å². The summed E-state index contributed by atoms with van der Waals surface area (Å²) in [7, 11) is 5.20. The number of nitrogens with one attached hydrogen (secondary N) is 1. The van der Waals surface area contributed by atoms with E-state index in [1.165, 1.54) is 0 Å². The fraction of sp³-hybridized carbons (Fsp3) is 0.219. The van der Waals surface area contributed by atoms with E-state index in [2.05, 4.69) is 41.7 Å². The number of aromatic nitrogens is 1. The molecule has 188 valence electrons. The lowest BCUT2D eigenvalue weighted by Gasteiger charge is -2.39. The van der Waals surface area contributed by atoms with Gasteiger partial charge in [0, 0.05) is 16.9 Å². The van der Waals surface area contributed by atoms with Crippen molar-refractivity contribution in [1.82, 2.24) is 10.3 Å². The van der Waals surface area contributed by atoms with Gasteiger partial charge in [0.1, 0.15) is 11.4 Å². The molecule has 37 heavy (non-hydrogen) atoms. The summed E-state index contributed by atoms with van der Waals surface area (Å²) in [6, 6.07) is 32.4. The number of methoxy groups -OCH3 is 2. The number of nitrogens with zero attached hydrogens (tertiary/aromatic N) is 1. The minimum absolute atomic E-state index is 0.453. The summed E-state index contributed by atoms with van der Waals surface area (Å²) in [5, 5.41) is 19.2. The maximum atomic E-state index is 12.9. The quantitative estimate of drug-likeness (QED) is 0.263. The number of aliphatic hydroxyl groups is 1. The highest BCUT2D eigenvalue weighted by Gasteiger charge is 2.42. The highest BCUT2D eigenvalue weighted by Crippen LogP contribution is 2.48. The van der Waals surface area contributed by atoms with Crippen molar-refractivity contribution in [3.8, 4) is 11.6 Å². The predicted octanol–water partition coefficient (Wildman–Crippen LogP) is 6.03. The first kappa shape index (κ1) is 24.8. The molecular weight excluding hydrogens is 460 g/mol. The molecule has 0 saturated carbocycles. The maximum absolute atomic E-state index is 12.9. The molecule has 0 bridgehead atoms. The van der Waals surface area contributed by atoms with Crippen LogP contribution in [0.4, 0.5) is 0 Å². The van der Waals surface area contributed by atoms with Gasteiger partial charge in [-0.1, -0.05) is 72.8 Å². The number of hydrogen-bond donors (Lipinski definition) is 2. The lowest BCUT2D eigenvalue weighted by molar-refractivity contribution is 0.0118. The summed E-state index contributed by atoms with van der Waals surface area (Å²) in [6.45, 7) is 0.625. The first-order chi connectivity index (χ1) is 18.1. The van der Waals surface area contributed by atoms with Crippen molar-refractivity contribution in [2.45, 2.75) is 17.9 Å². The van der Waals surface area contributed by atoms with Gasteiger partial charge in [-0.2, -0.15) is 0 Å². The zero-order valence-corrected chi connectivity index (χ0v) is 21.4. The summed E-state index contributed by atoms with van der Waals surface area (Å²) in [6.07, 6.45) is 0.483. The predicted molar refractivity (Wildman–Crippen MR) is 150 cm³/mol. The van der Waals surface area contributed by atoms with Crippen LogP contribution in [0.25, 0.3) is 21.7 Å². The van der Waals surface area contributed by atoms with Gasteiger partial charge >= 0.3 is 0 Å². The summed E-state index contributed by atoms with van der Waals surface area (Å²) in [4.78, 5) is 4.86. The number of pyridine rings is 1. The zero-order chi connectivity index (χ0) is 25.8. The van der Waals surface area contributed by atoms with E-state index in [-0.39, 0.29) is 0 Å². The average Bonchev–Trinajstić information content (AvgIpc) is 2.95. The van der Waals surface area contributed by atoms with Gasteiger partial charge in [-0.25, -0.2) is 4.98 Å². The molecule has 0 saturated heterocycles. The van der Waals surface area contributed by atoms with Crippen LogP contribution in [0.1, 0.15) is 29.0 Å². The normalized spacial score (nSPS) is 13.8. The second-order valence-corrected chi connectivity index (χ2v) is 9.29. The smallest absolute Gasteiger partial charge is 0.217 e. The fourth-order valence-corrected chi connectivity index (χ4v) is 5.36. The number of hydrogen-bond acceptors (Lipinski definition) is 5. The number of rotatable bonds is 9. The van der Waals surface area contributed by atoms with Gasteiger partial charge in [0.05, 0.1) is 19.7 Å². The molecule has 5 heteroatoms. The molecule has 0 fully saturated rings. The highest BCUT2D eigenvalue weighted by atomic mass is 16.5. The Bertz CT molecular complexity index is 1510. The Labute approximate surface area is 217 Å². The molecule has 5 aromatic rings. The molecule has 2 unspecified atom stereocenters. The maximum Gasteiger partial charge on any atom is 0.217 e. The topological polar surface area (TPSA) is 63.6 Å². The van der Waals surface area contributed by atoms with Gasteiger partial charge in [0.2, 0.25) is 5.88 Å². The average molecular weight is 493 g/mol. The third-order valence-electron chi connectivity index (χ3n) is 7.14. The third kappa shape index (κ3) is 4.64. The van der Waals surface area contributed by atoms with Gasteiger partial charge in [-0.3, -0.25) is 0 Å². The van der Waals surface area contributed by atoms with Crippen LogP contribution in [-0.2, 0) is 5.60 Å². The van der Waals surface area contributed by atoms with Gasteiger partial charge in [-0.15, -0.1) is 0 Å². The molecular formula is C32H32N2O3. The summed E-state index contributed by atoms with van der Waals surface area (Å²) >= 11 is 0. The van der Waals surface area contributed by atoms with E-state index < -0.39 is 11.5 Å². The van der Waals surface area contributed by atoms with Crippen LogP contribution in [0.5, 0.6) is 11.6 Å². The second-order valence-electron chi connectivity index (χ2n) is 9.29. The van der Waals surface area contributed by atoms with Crippen LogP contribution in [0.3, 0.4) is 0 Å². The van der Waals surface area contributed by atoms with Crippen LogP contribution < -0.4 is 14.8 Å². The van der Waals surface area contributed by atoms with E-state index in [9.17, 15) is 5.11 Å². The van der Waals surface area contributed by atoms with E-state index in [4.69, 9.17) is 14.5 Å². The van der Waals surface area contributed by atoms with Gasteiger partial charge in [0.15, 0.2) is 0 Å². The minimum Gasteiger partial charge on any atom is -0.497 e. The molecule has 0 aliphatic carbocycles. The molecule has 0 aliphatic heterocycles. The summed E-state index contributed by atoms with van der Waals surface area (Å²) < 4.78 is 11.4. The standard InChI is InChI=1S/C32H32N2O3/c1-33-19-18-32(35,28-15-9-13-22-10-7-8-14-26(22)28)30(23-11-5-4-6-12-23)27-21-24-20-25(36-2)16-17-29(24)34-31(27)37-3/h4-17,20-21,30,33,35H,18-19H2,1-3H3. The van der Waals surface area contributed by atoms with Crippen molar-refractivity contribution < 1.29 is 14.6 Å². The number of ether oxygens (including phenoxy) is 2. The third-order valence-corrected chi connectivity index (χ3v) is 7.14. The van der Waals surface area contributed by atoms with Crippen LogP contribution in [0.2, 0.25) is 0 Å². The summed E-state index contributed by atoms with van der Waals surface area (Å²) in [5.74, 6) is 0.793. The molecule has 1 heterocycles. The van der Waals surface area contributed by atoms with Crippen LogP contribution in [0, 0.1) is 0 Å². The van der Waals surface area contributed by atoms with Crippen LogP contribution in [-0.4, -0.2) is 37.9 Å². The van der Waals surface area contributed by atoms with Gasteiger partial charge < -0.3 is 19.9 Å². The first-order valence-electron chi connectivity index (χ1n) is 12.5. The molecule has 0 amide bonds. The van der Waals surface area contributed by atoms with Crippen molar-refractivity contribution in [2.75, 3.05) is 27.8 Å². The zero-order valence-electron chi connectivity index (χ0n) is 21.4. The molecule has 1 aromatic heterocycles. The van der Waals surface area contributed by atoms with Crippen molar-refractivity contribution in [1.29, 1.82) is 0 Å². The first-order valence-corrected chi connectivity index (χ1v) is 12.5. The molecule has 5 nitrogen and oxygen atoms in total. The van der Waals surface area contributed by atoms with Crippen molar-refractivity contribution in [2.24, 2.45) is 0 Å². The number of fused-ring (bicyclic) bond motifs is 2. The molecule has 4 aromatic carbocycles. The van der Waals surface area contributed by atoms with E-state index in [1.54, 1.807) is 14.2 Å². The molecule has 2 atom stereocenters. The Morgan fingerprint density at radius 3 is 2.35 bits per heavy atom. The minimum atomic E-state index is -1.27. The van der Waals surface area contributed by atoms with E-state index >= 15 is 0 Å². The van der Waals surface area contributed by atoms with E-state index in [0.717, 1.165) is 44.1 Å². The Kier molecular flexibility index (Phi) is 7.08. The Hall–Kier alpha value is -3.93. The monoisotopic (exact) mass is 492 g/mol. The molecule has 0 radical (unpaired) electrons. The van der Waals surface area contributed by atoms with E-state index in [0.29, 0.717) is 18.8 Å². The Morgan fingerprint density at radius 1 is 0.838 bits per heavy atom. The van der Waals surface area contributed by atoms with Crippen molar-refractivity contribution >= 4 is 21.7 Å². The Balaban J connectivity index is 1.83. The van der Waals surface area contributed by atoms with E-state index in [1.807, 2.05) is 67.7 Å². The molecule has 0 aliphatic rings. The Morgan fingerprint density at radius 2 is 1.59 bits per heavy atom. The van der Waals surface area contributed by atoms with Crippen LogP contribution >= 0.6 is 0 Å². The van der Waals surface area contributed by atoms with Gasteiger partial charge in [0.25, 0.3) is 0 Å². The number of benzene rings is 4. The molecule has 0 spiro atoms. The highest BCUT2D eigenvalue weighted by molar-refractivity contribution is 5.87. The molecule has 5 rings (SSSR count). The SMILES string of the molecule is CNCCC(O)(c1cccc2ccccc12)C(c1ccccc1)c1cc2cc(OC)ccc2nc1OC. The largest absolute Gasteiger partial charge is 0.497 e. The second kappa shape index (κ2) is 10.6. The summed E-state index contributed by atoms with van der Waals surface area (Å²) in [5.41, 5.74) is 2.21. The van der Waals surface area contributed by atoms with Crippen molar-refractivity contribution in [3.05, 3.63) is 114 Å². The molecule has 2 N–H and O–H groups in total. The lowest BCUT2D eigenvalue weighted by atomic mass is 9.70. The fourth-order valence-electron chi connectivity index (χ4n) is 5.36. The van der Waals surface area contributed by atoms with Crippen molar-refractivity contribution in [3.63, 3.8) is 0 Å². The lowest BCUT2D eigenvalue weighted by Crippen LogP contribution is -2.37. The van der Waals surface area contributed by atoms with Gasteiger partial charge in [-0.05, 0) is 66.2 Å².